The van der Waals surface area contributed by atoms with E-state index in [4.69, 9.17) is 5.73 Å². The normalized spacial score (nSPS) is 16.1. The van der Waals surface area contributed by atoms with Crippen molar-refractivity contribution in [2.24, 2.45) is 11.7 Å². The molecule has 1 unspecified atom stereocenters. The molecule has 1 fully saturated rings. The monoisotopic (exact) mass is 395 g/mol. The molecule has 0 radical (unpaired) electrons. The molecule has 30 heavy (non-hydrogen) atoms. The van der Waals surface area contributed by atoms with Crippen molar-refractivity contribution in [2.75, 3.05) is 19.6 Å². The largest absolute Gasteiger partial charge is 0.330 e. The first kappa shape index (κ1) is 20.3. The summed E-state index contributed by atoms with van der Waals surface area (Å²) in [5.41, 5.74) is 11.7. The van der Waals surface area contributed by atoms with Gasteiger partial charge in [-0.1, -0.05) is 72.8 Å². The second-order valence-corrected chi connectivity index (χ2v) is 8.22. The lowest BCUT2D eigenvalue weighted by Crippen LogP contribution is -2.37. The van der Waals surface area contributed by atoms with Gasteiger partial charge in [0.25, 0.3) is 0 Å². The highest BCUT2D eigenvalue weighted by atomic mass is 15.1. The molecule has 0 bridgehead atoms. The van der Waals surface area contributed by atoms with Crippen LogP contribution in [0.2, 0.25) is 0 Å². The first-order valence-corrected chi connectivity index (χ1v) is 10.8. The summed E-state index contributed by atoms with van der Waals surface area (Å²) in [6.45, 7) is 3.76. The second kappa shape index (κ2) is 9.71. The van der Waals surface area contributed by atoms with Crippen LogP contribution in [-0.2, 0) is 6.54 Å². The number of rotatable bonds is 6. The van der Waals surface area contributed by atoms with Gasteiger partial charge in [0.15, 0.2) is 0 Å². The van der Waals surface area contributed by atoms with Crippen molar-refractivity contribution in [2.45, 2.75) is 25.3 Å². The summed E-state index contributed by atoms with van der Waals surface area (Å²) >= 11 is 0. The highest BCUT2D eigenvalue weighted by molar-refractivity contribution is 5.66. The van der Waals surface area contributed by atoms with Crippen LogP contribution in [0.15, 0.2) is 78.9 Å². The number of likely N-dealkylation sites (tertiary alicyclic amines) is 1. The predicted octanol–water partition coefficient (Wildman–Crippen LogP) is 5.18. The molecule has 4 rings (SSSR count). The molecule has 1 heterocycles. The first-order valence-electron chi connectivity index (χ1n) is 10.8. The van der Waals surface area contributed by atoms with E-state index in [1.54, 1.807) is 0 Å². The van der Waals surface area contributed by atoms with E-state index in [1.807, 2.05) is 24.3 Å². The average molecular weight is 396 g/mol. The minimum absolute atomic E-state index is 0.239. The fraction of sp³-hybridized carbons (Fsp3) is 0.296. The van der Waals surface area contributed by atoms with Crippen molar-refractivity contribution in [3.8, 4) is 17.2 Å². The van der Waals surface area contributed by atoms with Crippen molar-refractivity contribution in [3.63, 3.8) is 0 Å². The lowest BCUT2D eigenvalue weighted by atomic mass is 9.78. The number of nitrogens with two attached hydrogens (primary N) is 1. The molecule has 3 aromatic rings. The molecule has 0 amide bonds. The Balaban J connectivity index is 1.47. The zero-order valence-electron chi connectivity index (χ0n) is 17.4. The molecule has 3 aromatic carbocycles. The van der Waals surface area contributed by atoms with Crippen LogP contribution in [0, 0.1) is 17.2 Å². The standard InChI is InChI=1S/C27H29N3/c28-18-25-17-24(22-9-5-2-6-10-22)11-12-26(25)27(19-29)23-13-15-30(16-14-23)20-21-7-3-1-4-8-21/h1-12,17,23,27H,13-16,19-20,29H2. The third-order valence-corrected chi connectivity index (χ3v) is 6.38. The van der Waals surface area contributed by atoms with Crippen molar-refractivity contribution in [1.29, 1.82) is 5.26 Å². The van der Waals surface area contributed by atoms with Crippen LogP contribution < -0.4 is 5.73 Å². The zero-order chi connectivity index (χ0) is 20.8. The Morgan fingerprint density at radius 3 is 2.20 bits per heavy atom. The summed E-state index contributed by atoms with van der Waals surface area (Å²) in [5, 5.41) is 9.84. The van der Waals surface area contributed by atoms with Crippen molar-refractivity contribution >= 4 is 0 Å². The number of piperidine rings is 1. The lowest BCUT2D eigenvalue weighted by Gasteiger charge is -2.36. The van der Waals surface area contributed by atoms with E-state index in [-0.39, 0.29) is 5.92 Å². The van der Waals surface area contributed by atoms with Gasteiger partial charge in [-0.25, -0.2) is 0 Å². The first-order chi connectivity index (χ1) is 14.8. The molecule has 0 spiro atoms. The Morgan fingerprint density at radius 2 is 1.57 bits per heavy atom. The van der Waals surface area contributed by atoms with E-state index >= 15 is 0 Å². The van der Waals surface area contributed by atoms with E-state index < -0.39 is 0 Å². The quantitative estimate of drug-likeness (QED) is 0.626. The van der Waals surface area contributed by atoms with Gasteiger partial charge in [0.1, 0.15) is 0 Å². The van der Waals surface area contributed by atoms with Crippen LogP contribution in [0.3, 0.4) is 0 Å². The average Bonchev–Trinajstić information content (AvgIpc) is 2.82. The maximum absolute atomic E-state index is 9.84. The van der Waals surface area contributed by atoms with Gasteiger partial charge >= 0.3 is 0 Å². The van der Waals surface area contributed by atoms with Gasteiger partial charge in [0, 0.05) is 12.5 Å². The molecule has 1 aliphatic rings. The van der Waals surface area contributed by atoms with Crippen molar-refractivity contribution < 1.29 is 0 Å². The van der Waals surface area contributed by atoms with Gasteiger partial charge in [-0.15, -0.1) is 0 Å². The van der Waals surface area contributed by atoms with E-state index in [0.717, 1.165) is 54.7 Å². The number of nitrogens with zero attached hydrogens (tertiary/aromatic N) is 2. The van der Waals surface area contributed by atoms with Crippen LogP contribution in [0.1, 0.15) is 35.4 Å². The maximum Gasteiger partial charge on any atom is 0.0994 e. The number of hydrogen-bond acceptors (Lipinski definition) is 3. The summed E-state index contributed by atoms with van der Waals surface area (Å²) in [4.78, 5) is 2.53. The molecule has 3 heteroatoms. The zero-order valence-corrected chi connectivity index (χ0v) is 17.4. The van der Waals surface area contributed by atoms with Gasteiger partial charge in [0.2, 0.25) is 0 Å². The molecule has 0 saturated carbocycles. The fourth-order valence-electron chi connectivity index (χ4n) is 4.71. The molecule has 152 valence electrons. The second-order valence-electron chi connectivity index (χ2n) is 8.22. The maximum atomic E-state index is 9.84. The molecule has 3 nitrogen and oxygen atoms in total. The van der Waals surface area contributed by atoms with Crippen molar-refractivity contribution in [1.82, 2.24) is 4.90 Å². The summed E-state index contributed by atoms with van der Waals surface area (Å²) in [6, 6.07) is 29.6. The molecule has 1 saturated heterocycles. The highest BCUT2D eigenvalue weighted by Crippen LogP contribution is 2.35. The molecular formula is C27H29N3. The SMILES string of the molecule is N#Cc1cc(-c2ccccc2)ccc1C(CN)C1CCN(Cc2ccccc2)CC1. The summed E-state index contributed by atoms with van der Waals surface area (Å²) < 4.78 is 0. The summed E-state index contributed by atoms with van der Waals surface area (Å²) in [7, 11) is 0. The third-order valence-electron chi connectivity index (χ3n) is 6.38. The van der Waals surface area contributed by atoms with Crippen LogP contribution >= 0.6 is 0 Å². The Labute approximate surface area is 179 Å². The van der Waals surface area contributed by atoms with Crippen LogP contribution in [-0.4, -0.2) is 24.5 Å². The van der Waals surface area contributed by atoms with E-state index in [2.05, 4.69) is 65.6 Å². The van der Waals surface area contributed by atoms with Gasteiger partial charge < -0.3 is 5.73 Å². The molecular weight excluding hydrogens is 366 g/mol. The molecule has 2 N–H and O–H groups in total. The Bertz CT molecular complexity index is 984. The summed E-state index contributed by atoms with van der Waals surface area (Å²) in [6.07, 6.45) is 2.25. The fourth-order valence-corrected chi connectivity index (χ4v) is 4.71. The number of benzene rings is 3. The Morgan fingerprint density at radius 1 is 0.900 bits per heavy atom. The van der Waals surface area contributed by atoms with Crippen LogP contribution in [0.25, 0.3) is 11.1 Å². The highest BCUT2D eigenvalue weighted by Gasteiger charge is 2.28. The smallest absolute Gasteiger partial charge is 0.0994 e. The van der Waals surface area contributed by atoms with Gasteiger partial charge in [0.05, 0.1) is 11.6 Å². The summed E-state index contributed by atoms with van der Waals surface area (Å²) in [5.74, 6) is 0.764. The Kier molecular flexibility index (Phi) is 6.59. The minimum Gasteiger partial charge on any atom is -0.330 e. The van der Waals surface area contributed by atoms with Crippen LogP contribution in [0.4, 0.5) is 0 Å². The number of hydrogen-bond donors (Lipinski definition) is 1. The molecule has 0 aromatic heterocycles. The topological polar surface area (TPSA) is 53.1 Å². The lowest BCUT2D eigenvalue weighted by molar-refractivity contribution is 0.162. The molecule has 1 atom stereocenters. The van der Waals surface area contributed by atoms with E-state index in [1.165, 1.54) is 5.56 Å². The predicted molar refractivity (Wildman–Crippen MR) is 123 cm³/mol. The number of nitriles is 1. The van der Waals surface area contributed by atoms with E-state index in [9.17, 15) is 5.26 Å². The third kappa shape index (κ3) is 4.62. The van der Waals surface area contributed by atoms with Crippen LogP contribution in [0.5, 0.6) is 0 Å². The van der Waals surface area contributed by atoms with E-state index in [0.29, 0.717) is 12.5 Å². The van der Waals surface area contributed by atoms with Gasteiger partial charge in [-0.2, -0.15) is 5.26 Å². The van der Waals surface area contributed by atoms with Gasteiger partial charge in [-0.05, 0) is 66.7 Å². The minimum atomic E-state index is 0.239. The van der Waals surface area contributed by atoms with Crippen molar-refractivity contribution in [3.05, 3.63) is 95.6 Å². The molecule has 0 aliphatic carbocycles. The Hall–Kier alpha value is -2.93. The molecule has 1 aliphatic heterocycles. The van der Waals surface area contributed by atoms with Gasteiger partial charge in [-0.3, -0.25) is 4.90 Å².